The van der Waals surface area contributed by atoms with Gasteiger partial charge in [0.15, 0.2) is 11.4 Å². The van der Waals surface area contributed by atoms with Crippen molar-refractivity contribution in [3.63, 3.8) is 0 Å². The predicted molar refractivity (Wildman–Crippen MR) is 124 cm³/mol. The van der Waals surface area contributed by atoms with Crippen molar-refractivity contribution in [2.45, 2.75) is 51.1 Å². The Balaban J connectivity index is 1.58. The Morgan fingerprint density at radius 1 is 1.21 bits per heavy atom. The fourth-order valence-corrected chi connectivity index (χ4v) is 4.67. The van der Waals surface area contributed by atoms with Gasteiger partial charge in [-0.05, 0) is 54.7 Å². The smallest absolute Gasteiger partial charge is 0.276 e. The van der Waals surface area contributed by atoms with Crippen LogP contribution in [0.4, 0.5) is 4.39 Å². The normalized spacial score (nSPS) is 14.9. The largest absolute Gasteiger partial charge is 0.503 e. The van der Waals surface area contributed by atoms with Gasteiger partial charge in [-0.1, -0.05) is 48.7 Å². The minimum Gasteiger partial charge on any atom is -0.503 e. The average molecular weight is 470 g/mol. The lowest BCUT2D eigenvalue weighted by Gasteiger charge is -2.30. The monoisotopic (exact) mass is 469 g/mol. The van der Waals surface area contributed by atoms with Crippen LogP contribution in [0.3, 0.4) is 0 Å². The Morgan fingerprint density at radius 2 is 1.91 bits per heavy atom. The molecule has 33 heavy (non-hydrogen) atoms. The number of hydrogen-bond acceptors (Lipinski definition) is 4. The van der Waals surface area contributed by atoms with Gasteiger partial charge in [-0.15, -0.1) is 0 Å². The van der Waals surface area contributed by atoms with E-state index >= 15 is 0 Å². The molecular formula is C25H25ClFN3O3. The molecule has 2 aromatic carbocycles. The summed E-state index contributed by atoms with van der Waals surface area (Å²) in [5, 5.41) is 17.8. The molecule has 4 rings (SSSR count). The molecule has 0 radical (unpaired) electrons. The van der Waals surface area contributed by atoms with Crippen LogP contribution in [0.15, 0.2) is 53.5 Å². The SMILES string of the molecule is Cc1cc(CNC(=O)c2nn(CC3(c4ccc(Cl)cc4)CCCC3)cc(O)c2=O)ccc1F. The molecule has 1 amide bonds. The second kappa shape index (κ2) is 9.35. The third-order valence-electron chi connectivity index (χ3n) is 6.32. The average Bonchev–Trinajstić information content (AvgIpc) is 3.26. The summed E-state index contributed by atoms with van der Waals surface area (Å²) in [6.45, 7) is 2.15. The lowest BCUT2D eigenvalue weighted by Crippen LogP contribution is -2.34. The van der Waals surface area contributed by atoms with E-state index < -0.39 is 17.1 Å². The number of aromatic nitrogens is 2. The van der Waals surface area contributed by atoms with Crippen LogP contribution in [0, 0.1) is 12.7 Å². The lowest BCUT2D eigenvalue weighted by atomic mass is 9.79. The molecule has 0 spiro atoms. The molecule has 0 bridgehead atoms. The Labute approximate surface area is 196 Å². The van der Waals surface area contributed by atoms with Crippen molar-refractivity contribution in [3.8, 4) is 5.75 Å². The fourth-order valence-electron chi connectivity index (χ4n) is 4.54. The molecule has 1 fully saturated rings. The Hall–Kier alpha value is -3.19. The van der Waals surface area contributed by atoms with E-state index in [0.29, 0.717) is 22.7 Å². The number of carbonyl (C=O) groups excluding carboxylic acids is 1. The molecule has 172 valence electrons. The van der Waals surface area contributed by atoms with Crippen LogP contribution >= 0.6 is 11.6 Å². The van der Waals surface area contributed by atoms with Crippen molar-refractivity contribution < 1.29 is 14.3 Å². The second-order valence-corrected chi connectivity index (χ2v) is 9.09. The Morgan fingerprint density at radius 3 is 2.58 bits per heavy atom. The molecule has 6 nitrogen and oxygen atoms in total. The van der Waals surface area contributed by atoms with Crippen molar-refractivity contribution in [1.29, 1.82) is 0 Å². The molecule has 0 saturated heterocycles. The maximum absolute atomic E-state index is 13.5. The van der Waals surface area contributed by atoms with Crippen LogP contribution in [-0.2, 0) is 18.5 Å². The summed E-state index contributed by atoms with van der Waals surface area (Å²) in [4.78, 5) is 25.2. The van der Waals surface area contributed by atoms with Gasteiger partial charge in [0, 0.05) is 17.0 Å². The summed E-state index contributed by atoms with van der Waals surface area (Å²) in [6, 6.07) is 12.2. The highest BCUT2D eigenvalue weighted by atomic mass is 35.5. The van der Waals surface area contributed by atoms with Crippen molar-refractivity contribution in [1.82, 2.24) is 15.1 Å². The minimum atomic E-state index is -0.828. The van der Waals surface area contributed by atoms with E-state index in [4.69, 9.17) is 11.6 Å². The van der Waals surface area contributed by atoms with E-state index in [9.17, 15) is 19.1 Å². The highest BCUT2D eigenvalue weighted by Crippen LogP contribution is 2.42. The molecular weight excluding hydrogens is 445 g/mol. The van der Waals surface area contributed by atoms with Crippen molar-refractivity contribution in [3.05, 3.63) is 92.1 Å². The van der Waals surface area contributed by atoms with Gasteiger partial charge in [-0.25, -0.2) is 4.39 Å². The Bertz CT molecular complexity index is 1230. The fraction of sp³-hybridized carbons (Fsp3) is 0.320. The third kappa shape index (κ3) is 4.93. The molecule has 2 N–H and O–H groups in total. The summed E-state index contributed by atoms with van der Waals surface area (Å²) in [7, 11) is 0. The first-order chi connectivity index (χ1) is 15.8. The number of halogens is 2. The zero-order valence-electron chi connectivity index (χ0n) is 18.3. The van der Waals surface area contributed by atoms with Gasteiger partial charge in [0.2, 0.25) is 0 Å². The van der Waals surface area contributed by atoms with Crippen LogP contribution in [0.2, 0.25) is 5.02 Å². The minimum absolute atomic E-state index is 0.103. The van der Waals surface area contributed by atoms with E-state index in [0.717, 1.165) is 31.2 Å². The number of benzene rings is 2. The zero-order valence-corrected chi connectivity index (χ0v) is 19.0. The maximum Gasteiger partial charge on any atom is 0.276 e. The van der Waals surface area contributed by atoms with Crippen LogP contribution < -0.4 is 10.7 Å². The standard InChI is InChI=1S/C25H25ClFN3O3/c1-16-12-17(4-9-20(16)27)13-28-24(33)22-23(32)21(31)14-30(29-22)15-25(10-2-3-11-25)18-5-7-19(26)8-6-18/h4-9,12,14,31H,2-3,10-11,13,15H2,1H3,(H,28,33). The number of aromatic hydroxyl groups is 1. The van der Waals surface area contributed by atoms with E-state index in [1.54, 1.807) is 19.1 Å². The number of carbonyl (C=O) groups is 1. The van der Waals surface area contributed by atoms with Crippen molar-refractivity contribution in [2.75, 3.05) is 0 Å². The first-order valence-corrected chi connectivity index (χ1v) is 11.3. The number of nitrogens with zero attached hydrogens (tertiary/aromatic N) is 2. The number of rotatable bonds is 6. The molecule has 1 aliphatic carbocycles. The van der Waals surface area contributed by atoms with Gasteiger partial charge in [0.25, 0.3) is 11.3 Å². The molecule has 1 heterocycles. The second-order valence-electron chi connectivity index (χ2n) is 8.65. The highest BCUT2D eigenvalue weighted by molar-refractivity contribution is 6.30. The summed E-state index contributed by atoms with van der Waals surface area (Å²) < 4.78 is 14.9. The molecule has 0 atom stereocenters. The van der Waals surface area contributed by atoms with Crippen LogP contribution in [0.1, 0.15) is 52.9 Å². The van der Waals surface area contributed by atoms with Gasteiger partial charge in [0.05, 0.1) is 12.7 Å². The highest BCUT2D eigenvalue weighted by Gasteiger charge is 2.36. The zero-order chi connectivity index (χ0) is 23.6. The number of nitrogens with one attached hydrogen (secondary N) is 1. The number of aryl methyl sites for hydroxylation is 1. The third-order valence-corrected chi connectivity index (χ3v) is 6.57. The first-order valence-electron chi connectivity index (χ1n) is 10.9. The molecule has 1 aliphatic rings. The van der Waals surface area contributed by atoms with E-state index in [-0.39, 0.29) is 23.5 Å². The van der Waals surface area contributed by atoms with Gasteiger partial charge < -0.3 is 10.4 Å². The number of amides is 1. The first kappa shape index (κ1) is 23.0. The molecule has 3 aromatic rings. The lowest BCUT2D eigenvalue weighted by molar-refractivity contribution is 0.0940. The van der Waals surface area contributed by atoms with Crippen LogP contribution in [0.25, 0.3) is 0 Å². The number of hydrogen-bond donors (Lipinski definition) is 2. The van der Waals surface area contributed by atoms with Crippen LogP contribution in [0.5, 0.6) is 5.75 Å². The molecule has 1 saturated carbocycles. The summed E-state index contributed by atoms with van der Waals surface area (Å²) >= 11 is 6.06. The quantitative estimate of drug-likeness (QED) is 0.557. The Kier molecular flexibility index (Phi) is 6.51. The van der Waals surface area contributed by atoms with Crippen molar-refractivity contribution >= 4 is 17.5 Å². The maximum atomic E-state index is 13.5. The van der Waals surface area contributed by atoms with Gasteiger partial charge in [-0.3, -0.25) is 14.3 Å². The van der Waals surface area contributed by atoms with Gasteiger partial charge in [-0.2, -0.15) is 5.10 Å². The van der Waals surface area contributed by atoms with Crippen molar-refractivity contribution in [2.24, 2.45) is 0 Å². The molecule has 0 unspecified atom stereocenters. The van der Waals surface area contributed by atoms with E-state index in [1.807, 2.05) is 24.3 Å². The summed E-state index contributed by atoms with van der Waals surface area (Å²) in [5.41, 5.74) is 0.837. The molecule has 1 aromatic heterocycles. The van der Waals surface area contributed by atoms with Gasteiger partial charge >= 0.3 is 0 Å². The summed E-state index contributed by atoms with van der Waals surface area (Å²) in [5.74, 6) is -1.56. The van der Waals surface area contributed by atoms with Gasteiger partial charge in [0.1, 0.15) is 5.82 Å². The van der Waals surface area contributed by atoms with E-state index in [1.165, 1.54) is 16.9 Å². The predicted octanol–water partition coefficient (Wildman–Crippen LogP) is 4.49. The summed E-state index contributed by atoms with van der Waals surface area (Å²) in [6.07, 6.45) is 5.24. The van der Waals surface area contributed by atoms with Crippen LogP contribution in [-0.4, -0.2) is 20.8 Å². The molecule has 0 aliphatic heterocycles. The topological polar surface area (TPSA) is 84.2 Å². The van der Waals surface area contributed by atoms with E-state index in [2.05, 4.69) is 10.4 Å². The molecule has 8 heteroatoms.